The van der Waals surface area contributed by atoms with E-state index in [1.54, 1.807) is 0 Å². The minimum atomic E-state index is 0.912. The molecule has 3 aromatic rings. The highest BCUT2D eigenvalue weighted by Crippen LogP contribution is 2.36. The summed E-state index contributed by atoms with van der Waals surface area (Å²) in [5, 5.41) is 0. The van der Waals surface area contributed by atoms with Gasteiger partial charge < -0.3 is 0 Å². The molecule has 0 bridgehead atoms. The van der Waals surface area contributed by atoms with Gasteiger partial charge in [0, 0.05) is 0 Å². The van der Waals surface area contributed by atoms with E-state index in [9.17, 15) is 0 Å². The summed E-state index contributed by atoms with van der Waals surface area (Å²) >= 11 is 0. The second kappa shape index (κ2) is 7.11. The lowest BCUT2D eigenvalue weighted by Crippen LogP contribution is -1.99. The first-order chi connectivity index (χ1) is 12.0. The lowest BCUT2D eigenvalue weighted by molar-refractivity contribution is 1.13. The Bertz CT molecular complexity index is 929. The van der Waals surface area contributed by atoms with Crippen molar-refractivity contribution in [2.75, 3.05) is 0 Å². The minimum absolute atomic E-state index is 0.912. The van der Waals surface area contributed by atoms with E-state index in [1.165, 1.54) is 50.1 Å². The van der Waals surface area contributed by atoms with E-state index < -0.39 is 0 Å². The monoisotopic (exact) mass is 326 g/mol. The van der Waals surface area contributed by atoms with Gasteiger partial charge >= 0.3 is 0 Å². The van der Waals surface area contributed by atoms with E-state index in [0.29, 0.717) is 0 Å². The number of rotatable bonds is 4. The topological polar surface area (TPSA) is 0 Å². The Morgan fingerprint density at radius 2 is 1.16 bits per heavy atom. The molecule has 0 atom stereocenters. The van der Waals surface area contributed by atoms with Crippen molar-refractivity contribution >= 4 is 0 Å². The van der Waals surface area contributed by atoms with Gasteiger partial charge in [0.1, 0.15) is 0 Å². The molecule has 0 amide bonds. The van der Waals surface area contributed by atoms with E-state index in [-0.39, 0.29) is 0 Å². The lowest BCUT2D eigenvalue weighted by Gasteiger charge is -2.19. The van der Waals surface area contributed by atoms with Crippen LogP contribution in [0.1, 0.15) is 29.2 Å². The number of allylic oxidation sites excluding steroid dienone is 1. The van der Waals surface area contributed by atoms with Crippen molar-refractivity contribution in [2.24, 2.45) is 0 Å². The second-order valence-electron chi connectivity index (χ2n) is 7.03. The molecule has 126 valence electrons. The standard InChI is InChI=1S/C25H26/c1-17(2)16-25-20(5)23(21-12-8-6-10-18(21)3)14-15-24(25)22-13-9-7-11-19(22)4/h6-15H,1,16H2,2-5H3. The predicted octanol–water partition coefficient (Wildman–Crippen LogP) is 7.06. The third-order valence-corrected chi connectivity index (χ3v) is 4.95. The van der Waals surface area contributed by atoms with Crippen LogP contribution < -0.4 is 0 Å². The molecule has 0 heteroatoms. The first-order valence-corrected chi connectivity index (χ1v) is 8.88. The van der Waals surface area contributed by atoms with Gasteiger partial charge in [0.25, 0.3) is 0 Å². The summed E-state index contributed by atoms with van der Waals surface area (Å²) in [5.41, 5.74) is 11.9. The highest BCUT2D eigenvalue weighted by molar-refractivity contribution is 5.79. The highest BCUT2D eigenvalue weighted by Gasteiger charge is 2.15. The fourth-order valence-corrected chi connectivity index (χ4v) is 3.58. The Kier molecular flexibility index (Phi) is 4.90. The summed E-state index contributed by atoms with van der Waals surface area (Å²) in [6.07, 6.45) is 0.912. The summed E-state index contributed by atoms with van der Waals surface area (Å²) in [7, 11) is 0. The molecule has 0 saturated carbocycles. The number of hydrogen-bond acceptors (Lipinski definition) is 0. The van der Waals surface area contributed by atoms with Gasteiger partial charge in [-0.05, 0) is 78.6 Å². The highest BCUT2D eigenvalue weighted by atomic mass is 14.2. The zero-order chi connectivity index (χ0) is 18.0. The van der Waals surface area contributed by atoms with Gasteiger partial charge in [0.15, 0.2) is 0 Å². The van der Waals surface area contributed by atoms with Crippen LogP contribution in [0.3, 0.4) is 0 Å². The Morgan fingerprint density at radius 3 is 1.68 bits per heavy atom. The molecule has 25 heavy (non-hydrogen) atoms. The van der Waals surface area contributed by atoms with Crippen LogP contribution >= 0.6 is 0 Å². The first-order valence-electron chi connectivity index (χ1n) is 8.88. The maximum absolute atomic E-state index is 4.17. The molecule has 0 heterocycles. The fraction of sp³-hybridized carbons (Fsp3) is 0.200. The minimum Gasteiger partial charge on any atom is -0.0998 e. The second-order valence-corrected chi connectivity index (χ2v) is 7.03. The molecule has 0 saturated heterocycles. The van der Waals surface area contributed by atoms with Crippen molar-refractivity contribution < 1.29 is 0 Å². The summed E-state index contributed by atoms with van der Waals surface area (Å²) < 4.78 is 0. The molecule has 0 aliphatic carbocycles. The largest absolute Gasteiger partial charge is 0.0998 e. The van der Waals surface area contributed by atoms with Crippen LogP contribution in [0.25, 0.3) is 22.3 Å². The van der Waals surface area contributed by atoms with Crippen LogP contribution in [-0.4, -0.2) is 0 Å². The molecule has 0 spiro atoms. The van der Waals surface area contributed by atoms with Gasteiger partial charge in [-0.15, -0.1) is 0 Å². The van der Waals surface area contributed by atoms with Crippen molar-refractivity contribution in [1.82, 2.24) is 0 Å². The van der Waals surface area contributed by atoms with Crippen molar-refractivity contribution in [3.05, 3.63) is 95.1 Å². The van der Waals surface area contributed by atoms with Crippen molar-refractivity contribution in [3.8, 4) is 22.3 Å². The van der Waals surface area contributed by atoms with Crippen LogP contribution in [0.2, 0.25) is 0 Å². The number of hydrogen-bond donors (Lipinski definition) is 0. The van der Waals surface area contributed by atoms with Crippen LogP contribution in [0.4, 0.5) is 0 Å². The predicted molar refractivity (Wildman–Crippen MR) is 110 cm³/mol. The maximum atomic E-state index is 4.17. The Labute approximate surface area is 151 Å². The molecule has 3 aromatic carbocycles. The van der Waals surface area contributed by atoms with E-state index >= 15 is 0 Å². The van der Waals surface area contributed by atoms with Crippen LogP contribution in [0.5, 0.6) is 0 Å². The third-order valence-electron chi connectivity index (χ3n) is 4.95. The number of benzene rings is 3. The SMILES string of the molecule is C=C(C)Cc1c(-c2ccccc2C)ccc(-c2ccccc2C)c1C. The van der Waals surface area contributed by atoms with Crippen molar-refractivity contribution in [2.45, 2.75) is 34.1 Å². The zero-order valence-corrected chi connectivity index (χ0v) is 15.7. The molecular weight excluding hydrogens is 300 g/mol. The lowest BCUT2D eigenvalue weighted by atomic mass is 9.85. The van der Waals surface area contributed by atoms with Gasteiger partial charge in [0.05, 0.1) is 0 Å². The van der Waals surface area contributed by atoms with E-state index in [0.717, 1.165) is 6.42 Å². The first kappa shape index (κ1) is 17.2. The summed E-state index contributed by atoms with van der Waals surface area (Å²) in [5.74, 6) is 0. The number of aryl methyl sites for hydroxylation is 2. The average Bonchev–Trinajstić information content (AvgIpc) is 2.58. The average molecular weight is 326 g/mol. The third kappa shape index (κ3) is 3.44. The van der Waals surface area contributed by atoms with Gasteiger partial charge in [0.2, 0.25) is 0 Å². The van der Waals surface area contributed by atoms with Gasteiger partial charge in [-0.3, -0.25) is 0 Å². The van der Waals surface area contributed by atoms with Crippen molar-refractivity contribution in [1.29, 1.82) is 0 Å². The summed E-state index contributed by atoms with van der Waals surface area (Å²) in [6.45, 7) is 12.9. The van der Waals surface area contributed by atoms with Crippen molar-refractivity contribution in [3.63, 3.8) is 0 Å². The smallest absolute Gasteiger partial charge is 0.00636 e. The van der Waals surface area contributed by atoms with E-state index in [2.05, 4.69) is 94.9 Å². The molecule has 0 unspecified atom stereocenters. The van der Waals surface area contributed by atoms with Gasteiger partial charge in [-0.2, -0.15) is 0 Å². The Balaban J connectivity index is 2.25. The Morgan fingerprint density at radius 1 is 0.680 bits per heavy atom. The van der Waals surface area contributed by atoms with Gasteiger partial charge in [-0.1, -0.05) is 72.8 Å². The Hall–Kier alpha value is -2.60. The van der Waals surface area contributed by atoms with Gasteiger partial charge in [-0.25, -0.2) is 0 Å². The van der Waals surface area contributed by atoms with E-state index in [1.807, 2.05) is 0 Å². The summed E-state index contributed by atoms with van der Waals surface area (Å²) in [6, 6.07) is 21.8. The zero-order valence-electron chi connectivity index (χ0n) is 15.7. The molecule has 0 radical (unpaired) electrons. The maximum Gasteiger partial charge on any atom is -0.00636 e. The molecule has 0 aliphatic rings. The summed E-state index contributed by atoms with van der Waals surface area (Å²) in [4.78, 5) is 0. The molecule has 3 rings (SSSR count). The fourth-order valence-electron chi connectivity index (χ4n) is 3.58. The molecule has 0 aromatic heterocycles. The molecule has 0 fully saturated rings. The van der Waals surface area contributed by atoms with Crippen LogP contribution in [0.15, 0.2) is 72.8 Å². The molecule has 0 nitrogen and oxygen atoms in total. The molecular formula is C25H26. The van der Waals surface area contributed by atoms with E-state index in [4.69, 9.17) is 0 Å². The van der Waals surface area contributed by atoms with Crippen LogP contribution in [0, 0.1) is 20.8 Å². The normalized spacial score (nSPS) is 10.7. The molecule has 0 aliphatic heterocycles. The molecule has 0 N–H and O–H groups in total. The van der Waals surface area contributed by atoms with Crippen LogP contribution in [-0.2, 0) is 6.42 Å². The quantitative estimate of drug-likeness (QED) is 0.450.